The molecule has 0 aliphatic carbocycles. The number of halogens is 1. The van der Waals surface area contributed by atoms with Gasteiger partial charge in [0.05, 0.1) is 0 Å². The highest BCUT2D eigenvalue weighted by molar-refractivity contribution is 7.14. The maximum atomic E-state index is 5.38. The zero-order chi connectivity index (χ0) is 9.10. The van der Waals surface area contributed by atoms with Crippen molar-refractivity contribution in [3.63, 3.8) is 0 Å². The number of rotatable bonds is 3. The second kappa shape index (κ2) is 3.87. The van der Waals surface area contributed by atoms with Gasteiger partial charge in [-0.15, -0.1) is 0 Å². The summed E-state index contributed by atoms with van der Waals surface area (Å²) in [5.41, 5.74) is 0. The van der Waals surface area contributed by atoms with E-state index in [1.54, 1.807) is 28.4 Å². The van der Waals surface area contributed by atoms with Gasteiger partial charge in [0.25, 0.3) is 0 Å². The predicted molar refractivity (Wildman–Crippen MR) is 51.9 cm³/mol. The van der Waals surface area contributed by atoms with E-state index in [2.05, 4.69) is 14.9 Å². The fourth-order valence-electron chi connectivity index (χ4n) is 0.933. The predicted octanol–water partition coefficient (Wildman–Crippen LogP) is 1.57. The molecule has 0 aromatic carbocycles. The first-order valence-corrected chi connectivity index (χ1v) is 4.88. The fraction of sp³-hybridized carbons (Fsp3) is 0.143. The van der Waals surface area contributed by atoms with E-state index in [1.807, 2.05) is 12.3 Å². The molecule has 2 aromatic rings. The Balaban J connectivity index is 2.23. The first-order valence-electron chi connectivity index (χ1n) is 3.68. The molecule has 2 aromatic heterocycles. The molecular weight excluding hydrogens is 208 g/mol. The highest BCUT2D eigenvalue weighted by Gasteiger charge is 2.02. The molecule has 0 atom stereocenters. The average Bonchev–Trinajstić information content (AvgIpc) is 2.70. The number of hydrogen-bond donors (Lipinski definition) is 1. The first kappa shape index (κ1) is 8.68. The van der Waals surface area contributed by atoms with Gasteiger partial charge in [0.2, 0.25) is 5.13 Å². The lowest BCUT2D eigenvalue weighted by Crippen LogP contribution is -1.94. The number of aromatic nitrogens is 3. The van der Waals surface area contributed by atoms with Gasteiger partial charge in [-0.1, -0.05) is 11.3 Å². The number of thiazole rings is 1. The van der Waals surface area contributed by atoms with Crippen LogP contribution in [0, 0.1) is 0 Å². The summed E-state index contributed by atoms with van der Waals surface area (Å²) in [6.07, 6.45) is 5.37. The molecule has 0 unspecified atom stereocenters. The van der Waals surface area contributed by atoms with Crippen molar-refractivity contribution < 1.29 is 0 Å². The molecule has 0 aliphatic heterocycles. The average molecular weight is 215 g/mol. The Morgan fingerprint density at radius 2 is 2.54 bits per heavy atom. The molecule has 1 N–H and O–H groups in total. The summed E-state index contributed by atoms with van der Waals surface area (Å²) in [7, 11) is 0. The first-order chi connectivity index (χ1) is 6.40. The monoisotopic (exact) mass is 214 g/mol. The number of nitrogens with zero attached hydrogens (tertiary/aromatic N) is 3. The van der Waals surface area contributed by atoms with Crippen molar-refractivity contribution in [2.24, 2.45) is 0 Å². The normalized spacial score (nSPS) is 10.5. The van der Waals surface area contributed by atoms with Crippen molar-refractivity contribution in [3.8, 4) is 5.13 Å². The van der Waals surface area contributed by atoms with Crippen LogP contribution in [0.25, 0.3) is 5.13 Å². The van der Waals surface area contributed by atoms with Crippen molar-refractivity contribution >= 4 is 23.1 Å². The molecule has 2 heterocycles. The molecule has 6 heteroatoms. The fourth-order valence-corrected chi connectivity index (χ4v) is 1.95. The largest absolute Gasteiger partial charge is 0.228 e. The molecule has 0 bridgehead atoms. The summed E-state index contributed by atoms with van der Waals surface area (Å²) in [6.45, 7) is 0.625. The lowest BCUT2D eigenvalue weighted by molar-refractivity contribution is 0.869. The molecule has 0 amide bonds. The third-order valence-electron chi connectivity index (χ3n) is 1.48. The van der Waals surface area contributed by atoms with Crippen LogP contribution in [0.3, 0.4) is 0 Å². The van der Waals surface area contributed by atoms with E-state index in [0.717, 1.165) is 10.0 Å². The molecule has 0 fully saturated rings. The quantitative estimate of drug-likeness (QED) is 0.789. The van der Waals surface area contributed by atoms with Gasteiger partial charge in [-0.05, 0) is 17.8 Å². The van der Waals surface area contributed by atoms with E-state index in [9.17, 15) is 0 Å². The summed E-state index contributed by atoms with van der Waals surface area (Å²) >= 11 is 6.93. The van der Waals surface area contributed by atoms with Crippen LogP contribution in [0.5, 0.6) is 0 Å². The zero-order valence-electron chi connectivity index (χ0n) is 6.64. The SMILES string of the molecule is ClNCc1cnc(-n2cccn2)s1. The van der Waals surface area contributed by atoms with Gasteiger partial charge in [-0.2, -0.15) is 5.10 Å². The van der Waals surface area contributed by atoms with Gasteiger partial charge >= 0.3 is 0 Å². The molecule has 0 saturated carbocycles. The van der Waals surface area contributed by atoms with E-state index in [4.69, 9.17) is 11.8 Å². The smallest absolute Gasteiger partial charge is 0.210 e. The minimum absolute atomic E-state index is 0.625. The third-order valence-corrected chi connectivity index (χ3v) is 2.60. The Kier molecular flexibility index (Phi) is 2.58. The molecule has 68 valence electrons. The minimum Gasteiger partial charge on any atom is -0.228 e. The molecule has 4 nitrogen and oxygen atoms in total. The van der Waals surface area contributed by atoms with Crippen LogP contribution >= 0.6 is 23.1 Å². The summed E-state index contributed by atoms with van der Waals surface area (Å²) in [5.74, 6) is 0. The molecule has 2 rings (SSSR count). The third kappa shape index (κ3) is 1.88. The van der Waals surface area contributed by atoms with E-state index in [-0.39, 0.29) is 0 Å². The summed E-state index contributed by atoms with van der Waals surface area (Å²) in [4.78, 5) is 7.84. The molecule has 13 heavy (non-hydrogen) atoms. The van der Waals surface area contributed by atoms with E-state index in [0.29, 0.717) is 6.54 Å². The van der Waals surface area contributed by atoms with Gasteiger partial charge in [0.1, 0.15) is 0 Å². The van der Waals surface area contributed by atoms with Crippen LogP contribution in [-0.4, -0.2) is 14.8 Å². The highest BCUT2D eigenvalue weighted by atomic mass is 35.5. The minimum atomic E-state index is 0.625. The summed E-state index contributed by atoms with van der Waals surface area (Å²) in [6, 6.07) is 1.86. The Morgan fingerprint density at radius 3 is 3.23 bits per heavy atom. The second-order valence-corrected chi connectivity index (χ2v) is 3.73. The topological polar surface area (TPSA) is 42.7 Å². The van der Waals surface area contributed by atoms with Crippen LogP contribution < -0.4 is 4.84 Å². The van der Waals surface area contributed by atoms with Crippen LogP contribution in [0.1, 0.15) is 4.88 Å². The highest BCUT2D eigenvalue weighted by Crippen LogP contribution is 2.15. The molecule has 0 aliphatic rings. The Morgan fingerprint density at radius 1 is 1.62 bits per heavy atom. The van der Waals surface area contributed by atoms with Crippen molar-refractivity contribution in [3.05, 3.63) is 29.5 Å². The molecule has 0 radical (unpaired) electrons. The number of nitrogens with one attached hydrogen (secondary N) is 1. The van der Waals surface area contributed by atoms with Crippen molar-refractivity contribution in [2.45, 2.75) is 6.54 Å². The summed E-state index contributed by atoms with van der Waals surface area (Å²) in [5, 5.41) is 4.92. The van der Waals surface area contributed by atoms with Crippen molar-refractivity contribution in [1.29, 1.82) is 0 Å². The number of hydrogen-bond acceptors (Lipinski definition) is 4. The van der Waals surface area contributed by atoms with E-state index >= 15 is 0 Å². The van der Waals surface area contributed by atoms with Crippen LogP contribution in [0.2, 0.25) is 0 Å². The molecule has 0 saturated heterocycles. The van der Waals surface area contributed by atoms with Gasteiger partial charge < -0.3 is 0 Å². The Bertz CT molecular complexity index is 370. The van der Waals surface area contributed by atoms with Crippen LogP contribution in [-0.2, 0) is 6.54 Å². The van der Waals surface area contributed by atoms with E-state index < -0.39 is 0 Å². The zero-order valence-corrected chi connectivity index (χ0v) is 8.22. The van der Waals surface area contributed by atoms with Gasteiger partial charge in [0, 0.05) is 30.0 Å². The van der Waals surface area contributed by atoms with Crippen LogP contribution in [0.4, 0.5) is 0 Å². The Hall–Kier alpha value is -0.910. The molecular formula is C7H7ClN4S. The van der Waals surface area contributed by atoms with Crippen molar-refractivity contribution in [1.82, 2.24) is 19.6 Å². The lowest BCUT2D eigenvalue weighted by atomic mass is 10.6. The summed E-state index contributed by atoms with van der Waals surface area (Å²) < 4.78 is 1.72. The maximum Gasteiger partial charge on any atom is 0.210 e. The van der Waals surface area contributed by atoms with Crippen molar-refractivity contribution in [2.75, 3.05) is 0 Å². The lowest BCUT2D eigenvalue weighted by Gasteiger charge is -1.91. The Labute approximate surface area is 84.3 Å². The van der Waals surface area contributed by atoms with Crippen LogP contribution in [0.15, 0.2) is 24.7 Å². The maximum absolute atomic E-state index is 5.38. The van der Waals surface area contributed by atoms with E-state index in [1.165, 1.54) is 0 Å². The van der Waals surface area contributed by atoms with Gasteiger partial charge in [-0.3, -0.25) is 0 Å². The van der Waals surface area contributed by atoms with Gasteiger partial charge in [-0.25, -0.2) is 14.5 Å². The standard InChI is InChI=1S/C7H7ClN4S/c8-10-5-6-4-9-7(13-6)12-3-1-2-11-12/h1-4,10H,5H2. The second-order valence-electron chi connectivity index (χ2n) is 2.37. The van der Waals surface area contributed by atoms with Gasteiger partial charge in [0.15, 0.2) is 0 Å². The molecule has 0 spiro atoms.